The Morgan fingerprint density at radius 1 is 0.491 bits per heavy atom. The lowest BCUT2D eigenvalue weighted by molar-refractivity contribution is 0.403. The van der Waals surface area contributed by atoms with Crippen LogP contribution in [-0.2, 0) is 0 Å². The van der Waals surface area contributed by atoms with Crippen molar-refractivity contribution in [2.75, 3.05) is 10.2 Å². The summed E-state index contributed by atoms with van der Waals surface area (Å²) in [4.78, 5) is 1.97. The molecule has 0 fully saturated rings. The maximum Gasteiger partial charge on any atom is 0.181 e. The Labute approximate surface area is 310 Å². The first-order valence-electron chi connectivity index (χ1n) is 17.3. The van der Waals surface area contributed by atoms with Gasteiger partial charge in [0, 0.05) is 22.4 Å². The summed E-state index contributed by atoms with van der Waals surface area (Å²) in [6.45, 7) is 5.39. The number of fused-ring (bicyclic) bond motifs is 5. The first-order valence-corrected chi connectivity index (χ1v) is 17.3. The molecule has 53 heavy (non-hydrogen) atoms. The quantitative estimate of drug-likeness (QED) is 0.0518. The summed E-state index contributed by atoms with van der Waals surface area (Å²) in [5, 5.41) is 54.3. The number of hydrogen-bond acceptors (Lipinski definition) is 6. The van der Waals surface area contributed by atoms with Crippen LogP contribution in [0, 0.1) is 20.8 Å². The summed E-state index contributed by atoms with van der Waals surface area (Å²) in [5.74, 6) is -1.24. The molecule has 8 aromatic carbocycles. The van der Waals surface area contributed by atoms with Gasteiger partial charge in [-0.3, -0.25) is 0 Å². The Bertz CT molecular complexity index is 2720. The van der Waals surface area contributed by atoms with Crippen LogP contribution in [0.5, 0.6) is 23.0 Å². The molecule has 4 radical (unpaired) electrons. The third-order valence-electron chi connectivity index (χ3n) is 10.4. The fraction of sp³-hybridized carbons (Fsp3) is 0.0667. The lowest BCUT2D eigenvalue weighted by Gasteiger charge is -2.31. The summed E-state index contributed by atoms with van der Waals surface area (Å²) < 4.78 is 0. The van der Waals surface area contributed by atoms with Gasteiger partial charge in [0.25, 0.3) is 0 Å². The SMILES string of the molecule is [B]c1c(C)c(C)c(N(c2ccccc2)c2cc3c4ccccc4c(-c4c(O)c(O)c(C)c([B])c4Nc4ccccc4)cc3c3ccccc23)c(O)c1O. The van der Waals surface area contributed by atoms with Crippen molar-refractivity contribution in [1.82, 2.24) is 0 Å². The average molecular weight is 688 g/mol. The fourth-order valence-electron chi connectivity index (χ4n) is 7.46. The minimum Gasteiger partial charge on any atom is -0.505 e. The van der Waals surface area contributed by atoms with E-state index in [2.05, 4.69) is 11.4 Å². The van der Waals surface area contributed by atoms with Crippen molar-refractivity contribution >= 4 is 87.4 Å². The van der Waals surface area contributed by atoms with Crippen LogP contribution >= 0.6 is 0 Å². The van der Waals surface area contributed by atoms with Crippen molar-refractivity contribution in [3.63, 3.8) is 0 Å². The van der Waals surface area contributed by atoms with Crippen molar-refractivity contribution in [2.24, 2.45) is 0 Å². The summed E-state index contributed by atoms with van der Waals surface area (Å²) in [7, 11) is 13.0. The van der Waals surface area contributed by atoms with Gasteiger partial charge in [-0.1, -0.05) is 90.4 Å². The van der Waals surface area contributed by atoms with Crippen LogP contribution in [-0.4, -0.2) is 36.1 Å². The lowest BCUT2D eigenvalue weighted by atomic mass is 9.82. The van der Waals surface area contributed by atoms with Crippen LogP contribution in [0.1, 0.15) is 16.7 Å². The van der Waals surface area contributed by atoms with Gasteiger partial charge in [0.1, 0.15) is 15.7 Å². The Balaban J connectivity index is 1.50. The van der Waals surface area contributed by atoms with Crippen LogP contribution in [0.3, 0.4) is 0 Å². The summed E-state index contributed by atoms with van der Waals surface area (Å²) >= 11 is 0. The molecule has 0 saturated heterocycles. The number of para-hydroxylation sites is 2. The molecule has 0 aliphatic carbocycles. The molecule has 0 spiro atoms. The van der Waals surface area contributed by atoms with Gasteiger partial charge in [0.15, 0.2) is 23.0 Å². The number of nitrogens with zero attached hydrogens (tertiary/aromatic N) is 1. The first-order chi connectivity index (χ1) is 25.6. The second-order valence-electron chi connectivity index (χ2n) is 13.4. The molecule has 5 N–H and O–H groups in total. The standard InChI is InChI=1S/C45H34B2N2O4/c1-24-25(2)41(45(53)44(52)39(24)47)49(28-16-8-5-9-17-28)36-23-34-29-18-10-11-19-30(29)35(22-33(34)31-20-12-13-21-32(31)36)37-40(48-27-14-6-4-7-15-27)38(46)26(3)42(50)43(37)51/h4-23,48,50-53H,1-3H3. The zero-order valence-electron chi connectivity index (χ0n) is 29.4. The summed E-state index contributed by atoms with van der Waals surface area (Å²) in [5.41, 5.74) is 6.46. The second kappa shape index (κ2) is 12.9. The highest BCUT2D eigenvalue weighted by Gasteiger charge is 2.28. The topological polar surface area (TPSA) is 96.2 Å². The van der Waals surface area contributed by atoms with Gasteiger partial charge in [0.2, 0.25) is 0 Å². The van der Waals surface area contributed by atoms with E-state index in [1.54, 1.807) is 6.92 Å². The van der Waals surface area contributed by atoms with E-state index in [9.17, 15) is 20.4 Å². The number of rotatable bonds is 6. The van der Waals surface area contributed by atoms with E-state index in [0.29, 0.717) is 39.1 Å². The molecule has 8 rings (SSSR count). The van der Waals surface area contributed by atoms with Crippen molar-refractivity contribution in [3.05, 3.63) is 138 Å². The Morgan fingerprint density at radius 2 is 1.04 bits per heavy atom. The van der Waals surface area contributed by atoms with Crippen molar-refractivity contribution in [3.8, 4) is 34.1 Å². The van der Waals surface area contributed by atoms with Crippen LogP contribution < -0.4 is 21.1 Å². The maximum atomic E-state index is 11.7. The molecule has 0 aliphatic rings. The van der Waals surface area contributed by atoms with Crippen molar-refractivity contribution < 1.29 is 20.4 Å². The van der Waals surface area contributed by atoms with Gasteiger partial charge in [-0.15, -0.1) is 0 Å². The highest BCUT2D eigenvalue weighted by molar-refractivity contribution is 6.39. The monoisotopic (exact) mass is 688 g/mol. The number of phenols is 4. The molecule has 8 aromatic rings. The molecule has 254 valence electrons. The van der Waals surface area contributed by atoms with E-state index in [4.69, 9.17) is 15.7 Å². The molecule has 0 heterocycles. The molecule has 0 amide bonds. The predicted octanol–water partition coefficient (Wildman–Crippen LogP) is 9.36. The molecule has 0 aromatic heterocycles. The fourth-order valence-corrected chi connectivity index (χ4v) is 7.46. The zero-order valence-corrected chi connectivity index (χ0v) is 29.4. The molecule has 0 unspecified atom stereocenters. The van der Waals surface area contributed by atoms with E-state index in [0.717, 1.165) is 54.9 Å². The van der Waals surface area contributed by atoms with Gasteiger partial charge < -0.3 is 30.6 Å². The van der Waals surface area contributed by atoms with Gasteiger partial charge in [-0.25, -0.2) is 0 Å². The molecule has 6 nitrogen and oxygen atoms in total. The highest BCUT2D eigenvalue weighted by Crippen LogP contribution is 2.52. The van der Waals surface area contributed by atoms with Gasteiger partial charge >= 0.3 is 0 Å². The molecule has 0 atom stereocenters. The predicted molar refractivity (Wildman–Crippen MR) is 220 cm³/mol. The van der Waals surface area contributed by atoms with Gasteiger partial charge in [-0.2, -0.15) is 0 Å². The smallest absolute Gasteiger partial charge is 0.181 e. The first kappa shape index (κ1) is 33.6. The van der Waals surface area contributed by atoms with E-state index < -0.39 is 0 Å². The van der Waals surface area contributed by atoms with Crippen LogP contribution in [0.25, 0.3) is 43.4 Å². The number of anilines is 5. The third kappa shape index (κ3) is 5.29. The molecule has 0 saturated carbocycles. The lowest BCUT2D eigenvalue weighted by Crippen LogP contribution is -2.17. The number of hydrogen-bond donors (Lipinski definition) is 5. The third-order valence-corrected chi connectivity index (χ3v) is 10.4. The Morgan fingerprint density at radius 3 is 1.70 bits per heavy atom. The number of phenolic OH excluding ortho intramolecular Hbond substituents is 4. The summed E-state index contributed by atoms with van der Waals surface area (Å²) in [6.07, 6.45) is 0. The maximum absolute atomic E-state index is 11.7. The largest absolute Gasteiger partial charge is 0.505 e. The van der Waals surface area contributed by atoms with Gasteiger partial charge in [0.05, 0.1) is 16.9 Å². The molecular weight excluding hydrogens is 654 g/mol. The number of nitrogens with one attached hydrogen (secondary N) is 1. The molecule has 0 aliphatic heterocycles. The molecule has 8 heteroatoms. The molecular formula is C45H34B2N2O4. The highest BCUT2D eigenvalue weighted by atomic mass is 16.3. The van der Waals surface area contributed by atoms with E-state index in [1.807, 2.05) is 134 Å². The summed E-state index contributed by atoms with van der Waals surface area (Å²) in [6, 6.07) is 39.4. The van der Waals surface area contributed by atoms with Crippen molar-refractivity contribution in [2.45, 2.75) is 20.8 Å². The zero-order chi connectivity index (χ0) is 37.1. The van der Waals surface area contributed by atoms with Crippen LogP contribution in [0.15, 0.2) is 121 Å². The Kier molecular flexibility index (Phi) is 8.18. The number of aromatic hydroxyl groups is 4. The minimum absolute atomic E-state index is 0.130. The van der Waals surface area contributed by atoms with Gasteiger partial charge in [-0.05, 0) is 112 Å². The van der Waals surface area contributed by atoms with E-state index in [1.165, 1.54) is 0 Å². The van der Waals surface area contributed by atoms with Crippen LogP contribution in [0.2, 0.25) is 0 Å². The van der Waals surface area contributed by atoms with E-state index >= 15 is 0 Å². The minimum atomic E-state index is -0.371. The number of benzene rings is 8. The normalized spacial score (nSPS) is 11.4. The van der Waals surface area contributed by atoms with E-state index in [-0.39, 0.29) is 28.5 Å². The Hall–Kier alpha value is -6.53. The van der Waals surface area contributed by atoms with Crippen LogP contribution in [0.4, 0.5) is 28.4 Å². The second-order valence-corrected chi connectivity index (χ2v) is 13.4. The molecule has 0 bridgehead atoms. The van der Waals surface area contributed by atoms with Crippen molar-refractivity contribution in [1.29, 1.82) is 0 Å². The average Bonchev–Trinajstić information content (AvgIpc) is 3.19.